The number of pyridine rings is 1. The maximum atomic E-state index is 13.6. The van der Waals surface area contributed by atoms with Crippen molar-refractivity contribution >= 4 is 32.3 Å². The molecule has 1 unspecified atom stereocenters. The fourth-order valence-electron chi connectivity index (χ4n) is 3.78. The molecule has 1 aromatic carbocycles. The summed E-state index contributed by atoms with van der Waals surface area (Å²) in [5.74, 6) is -0.724. The van der Waals surface area contributed by atoms with Crippen LogP contribution in [0.4, 0.5) is 18.9 Å². The van der Waals surface area contributed by atoms with Crippen LogP contribution in [-0.4, -0.2) is 48.1 Å². The van der Waals surface area contributed by atoms with Gasteiger partial charge in [0.15, 0.2) is 14.9 Å². The summed E-state index contributed by atoms with van der Waals surface area (Å²) in [6.07, 6.45) is -0.230. The first kappa shape index (κ1) is 23.2. The van der Waals surface area contributed by atoms with Gasteiger partial charge in [0, 0.05) is 30.1 Å². The highest BCUT2D eigenvalue weighted by molar-refractivity contribution is 7.90. The van der Waals surface area contributed by atoms with Crippen LogP contribution in [0.1, 0.15) is 35.3 Å². The molecule has 1 fully saturated rings. The second kappa shape index (κ2) is 8.75. The van der Waals surface area contributed by atoms with E-state index in [4.69, 9.17) is 4.74 Å². The maximum Gasteiger partial charge on any atom is 0.418 e. The van der Waals surface area contributed by atoms with E-state index in [2.05, 4.69) is 15.4 Å². The molecule has 0 saturated carbocycles. The molecule has 3 heterocycles. The lowest BCUT2D eigenvalue weighted by molar-refractivity contribution is -0.136. The van der Waals surface area contributed by atoms with Gasteiger partial charge in [-0.1, -0.05) is 12.1 Å². The average Bonchev–Trinajstić information content (AvgIpc) is 3.11. The minimum absolute atomic E-state index is 0.0375. The van der Waals surface area contributed by atoms with Crippen LogP contribution in [0.15, 0.2) is 41.6 Å². The second-order valence-corrected chi connectivity index (χ2v) is 9.79. The molecule has 1 saturated heterocycles. The molecular formula is C21H21F3N4O4S. The summed E-state index contributed by atoms with van der Waals surface area (Å²) in [4.78, 5) is 17.0. The summed E-state index contributed by atoms with van der Waals surface area (Å²) >= 11 is 0. The molecule has 0 spiro atoms. The Balaban J connectivity index is 1.77. The molecule has 1 aliphatic rings. The van der Waals surface area contributed by atoms with E-state index in [1.807, 2.05) is 0 Å². The van der Waals surface area contributed by atoms with Crippen molar-refractivity contribution in [3.05, 3.63) is 47.8 Å². The third-order valence-electron chi connectivity index (χ3n) is 5.31. The molecule has 1 aliphatic heterocycles. The van der Waals surface area contributed by atoms with Crippen LogP contribution in [0.25, 0.3) is 10.9 Å². The average molecular weight is 482 g/mol. The van der Waals surface area contributed by atoms with E-state index in [-0.39, 0.29) is 40.0 Å². The molecular weight excluding hydrogens is 461 g/mol. The first-order chi connectivity index (χ1) is 15.5. The third kappa shape index (κ3) is 5.01. The Labute approximate surface area is 187 Å². The monoisotopic (exact) mass is 482 g/mol. The van der Waals surface area contributed by atoms with E-state index in [0.29, 0.717) is 13.0 Å². The molecule has 176 valence electrons. The van der Waals surface area contributed by atoms with Gasteiger partial charge >= 0.3 is 6.18 Å². The highest BCUT2D eigenvalue weighted by Gasteiger charge is 2.35. The number of sulfone groups is 1. The lowest BCUT2D eigenvalue weighted by Gasteiger charge is -2.23. The van der Waals surface area contributed by atoms with Crippen molar-refractivity contribution < 1.29 is 31.1 Å². The number of nitrogens with zero attached hydrogens (tertiary/aromatic N) is 3. The SMILES string of the molecule is CS(=O)(=O)c1cc(NC(=O)c2c3cccc(C(F)(F)F)c3nn2CC2CCCCO2)ccn1. The van der Waals surface area contributed by atoms with Crippen LogP contribution in [-0.2, 0) is 27.3 Å². The van der Waals surface area contributed by atoms with Crippen molar-refractivity contribution in [2.24, 2.45) is 0 Å². The van der Waals surface area contributed by atoms with Gasteiger partial charge in [0.25, 0.3) is 5.91 Å². The molecule has 3 aromatic rings. The number of carbonyl (C=O) groups is 1. The van der Waals surface area contributed by atoms with E-state index >= 15 is 0 Å². The molecule has 4 rings (SSSR count). The summed E-state index contributed by atoms with van der Waals surface area (Å²) in [5.41, 5.74) is -1.21. The largest absolute Gasteiger partial charge is 0.418 e. The summed E-state index contributed by atoms with van der Waals surface area (Å²) in [6.45, 7) is 0.645. The Bertz CT molecular complexity index is 1300. The molecule has 1 N–H and O–H groups in total. The number of anilines is 1. The molecule has 12 heteroatoms. The second-order valence-electron chi connectivity index (χ2n) is 7.83. The summed E-state index contributed by atoms with van der Waals surface area (Å²) in [7, 11) is -3.62. The first-order valence-electron chi connectivity index (χ1n) is 10.2. The van der Waals surface area contributed by atoms with E-state index in [1.54, 1.807) is 0 Å². The Morgan fingerprint density at radius 1 is 1.27 bits per heavy atom. The van der Waals surface area contributed by atoms with Crippen LogP contribution in [0.2, 0.25) is 0 Å². The molecule has 1 amide bonds. The zero-order valence-electron chi connectivity index (χ0n) is 17.6. The smallest absolute Gasteiger partial charge is 0.376 e. The lowest BCUT2D eigenvalue weighted by Crippen LogP contribution is -2.28. The number of benzene rings is 1. The van der Waals surface area contributed by atoms with Crippen LogP contribution in [0.3, 0.4) is 0 Å². The molecule has 1 atom stereocenters. The first-order valence-corrected chi connectivity index (χ1v) is 12.1. The molecule has 8 nitrogen and oxygen atoms in total. The quantitative estimate of drug-likeness (QED) is 0.595. The standard InChI is InChI=1S/C21H21F3N4O4S/c1-33(30,31)17-11-13(8-9-25-17)26-20(29)19-15-6-4-7-16(21(22,23)24)18(15)27-28(19)12-14-5-2-3-10-32-14/h4,6-9,11,14H,2-3,5,10,12H2,1H3,(H,25,26,29). The predicted molar refractivity (Wildman–Crippen MR) is 114 cm³/mol. The molecule has 0 radical (unpaired) electrons. The number of nitrogens with one attached hydrogen (secondary N) is 1. The number of halogens is 3. The molecule has 33 heavy (non-hydrogen) atoms. The van der Waals surface area contributed by atoms with Gasteiger partial charge in [-0.2, -0.15) is 18.3 Å². The number of hydrogen-bond acceptors (Lipinski definition) is 6. The number of carbonyl (C=O) groups excluding carboxylic acids is 1. The van der Waals surface area contributed by atoms with Crippen molar-refractivity contribution in [1.29, 1.82) is 0 Å². The number of rotatable bonds is 5. The van der Waals surface area contributed by atoms with Gasteiger partial charge in [-0.25, -0.2) is 13.4 Å². The van der Waals surface area contributed by atoms with Gasteiger partial charge in [-0.15, -0.1) is 0 Å². The molecule has 0 bridgehead atoms. The number of fused-ring (bicyclic) bond motifs is 1. The summed E-state index contributed by atoms with van der Waals surface area (Å²) in [6, 6.07) is 6.11. The van der Waals surface area contributed by atoms with Crippen molar-refractivity contribution in [1.82, 2.24) is 14.8 Å². The summed E-state index contributed by atoms with van der Waals surface area (Å²) in [5, 5.41) is 6.49. The maximum absolute atomic E-state index is 13.6. The van der Waals surface area contributed by atoms with Crippen molar-refractivity contribution in [2.75, 3.05) is 18.2 Å². The third-order valence-corrected chi connectivity index (χ3v) is 6.30. The van der Waals surface area contributed by atoms with Crippen molar-refractivity contribution in [3.8, 4) is 0 Å². The number of ether oxygens (including phenoxy) is 1. The highest BCUT2D eigenvalue weighted by Crippen LogP contribution is 2.35. The topological polar surface area (TPSA) is 103 Å². The van der Waals surface area contributed by atoms with Gasteiger partial charge < -0.3 is 10.1 Å². The van der Waals surface area contributed by atoms with Gasteiger partial charge in [0.05, 0.1) is 18.2 Å². The van der Waals surface area contributed by atoms with Crippen molar-refractivity contribution in [3.63, 3.8) is 0 Å². The number of hydrogen-bond donors (Lipinski definition) is 1. The van der Waals surface area contributed by atoms with Crippen molar-refractivity contribution in [2.45, 2.75) is 43.1 Å². The fraction of sp³-hybridized carbons (Fsp3) is 0.381. The zero-order valence-corrected chi connectivity index (χ0v) is 18.4. The molecule has 0 aliphatic carbocycles. The van der Waals surface area contributed by atoms with Crippen LogP contribution < -0.4 is 5.32 Å². The zero-order chi connectivity index (χ0) is 23.8. The minimum atomic E-state index is -4.65. The van der Waals surface area contributed by atoms with E-state index in [0.717, 1.165) is 25.2 Å². The van der Waals surface area contributed by atoms with Gasteiger partial charge in [0.2, 0.25) is 0 Å². The number of alkyl halides is 3. The molecule has 2 aromatic heterocycles. The summed E-state index contributed by atoms with van der Waals surface area (Å²) < 4.78 is 71.2. The predicted octanol–water partition coefficient (Wildman–Crippen LogP) is 3.68. The Morgan fingerprint density at radius 3 is 2.73 bits per heavy atom. The Hall–Kier alpha value is -2.99. The van der Waals surface area contributed by atoms with Gasteiger partial charge in [-0.05, 0) is 37.5 Å². The van der Waals surface area contributed by atoms with Crippen LogP contribution in [0.5, 0.6) is 0 Å². The normalized spacial score (nSPS) is 17.3. The fourth-order valence-corrected chi connectivity index (χ4v) is 4.37. The van der Waals surface area contributed by atoms with Crippen LogP contribution >= 0.6 is 0 Å². The van der Waals surface area contributed by atoms with Gasteiger partial charge in [0.1, 0.15) is 11.2 Å². The Kier molecular flexibility index (Phi) is 6.14. The van der Waals surface area contributed by atoms with Crippen LogP contribution in [0, 0.1) is 0 Å². The number of amides is 1. The van der Waals surface area contributed by atoms with E-state index in [1.165, 1.54) is 35.1 Å². The number of aromatic nitrogens is 3. The van der Waals surface area contributed by atoms with E-state index in [9.17, 15) is 26.4 Å². The lowest BCUT2D eigenvalue weighted by atomic mass is 10.1. The van der Waals surface area contributed by atoms with E-state index < -0.39 is 27.5 Å². The minimum Gasteiger partial charge on any atom is -0.376 e. The highest BCUT2D eigenvalue weighted by atomic mass is 32.2. The Morgan fingerprint density at radius 2 is 2.06 bits per heavy atom. The van der Waals surface area contributed by atoms with Gasteiger partial charge in [-0.3, -0.25) is 9.48 Å².